The summed E-state index contributed by atoms with van der Waals surface area (Å²) in [6.45, 7) is 0.369. The molecular weight excluding hydrogens is 296 g/mol. The summed E-state index contributed by atoms with van der Waals surface area (Å²) in [7, 11) is 1.61. The lowest BCUT2D eigenvalue weighted by Crippen LogP contribution is -1.91. The van der Waals surface area contributed by atoms with E-state index in [0.29, 0.717) is 12.5 Å². The minimum Gasteiger partial charge on any atom is -0.408 e. The van der Waals surface area contributed by atoms with Crippen LogP contribution in [0.2, 0.25) is 0 Å². The smallest absolute Gasteiger partial charge is 0.284 e. The third-order valence-electron chi connectivity index (χ3n) is 2.49. The predicted molar refractivity (Wildman–Crippen MR) is 76.7 cm³/mol. The zero-order chi connectivity index (χ0) is 13.9. The molecule has 1 N–H and O–H groups in total. The third-order valence-corrected chi connectivity index (χ3v) is 3.78. The SMILES string of the molecule is COCc1nc(-c2ccccn2)sc1-c1n[nH]c(=S)o1. The highest BCUT2D eigenvalue weighted by atomic mass is 32.1. The third kappa shape index (κ3) is 2.53. The van der Waals surface area contributed by atoms with Crippen LogP contribution < -0.4 is 0 Å². The first-order valence-electron chi connectivity index (χ1n) is 5.74. The van der Waals surface area contributed by atoms with Crippen molar-refractivity contribution >= 4 is 23.6 Å². The summed E-state index contributed by atoms with van der Waals surface area (Å²) in [4.78, 5) is 9.85. The molecule has 0 aliphatic rings. The quantitative estimate of drug-likeness (QED) is 0.746. The van der Waals surface area contributed by atoms with Crippen LogP contribution >= 0.6 is 23.6 Å². The highest BCUT2D eigenvalue weighted by Gasteiger charge is 2.18. The Morgan fingerprint density at radius 2 is 2.35 bits per heavy atom. The number of hydrogen-bond acceptors (Lipinski definition) is 7. The second-order valence-electron chi connectivity index (χ2n) is 3.86. The first kappa shape index (κ1) is 13.1. The largest absolute Gasteiger partial charge is 0.408 e. The number of methoxy groups -OCH3 is 1. The van der Waals surface area contributed by atoms with Gasteiger partial charge in [0.15, 0.2) is 0 Å². The van der Waals surface area contributed by atoms with Gasteiger partial charge in [-0.05, 0) is 24.4 Å². The van der Waals surface area contributed by atoms with Crippen molar-refractivity contribution < 1.29 is 9.15 Å². The maximum Gasteiger partial charge on any atom is 0.284 e. The van der Waals surface area contributed by atoms with E-state index >= 15 is 0 Å². The maximum absolute atomic E-state index is 5.35. The normalized spacial score (nSPS) is 10.8. The summed E-state index contributed by atoms with van der Waals surface area (Å²) < 4.78 is 10.5. The van der Waals surface area contributed by atoms with Crippen LogP contribution in [-0.4, -0.2) is 27.3 Å². The van der Waals surface area contributed by atoms with Gasteiger partial charge in [-0.3, -0.25) is 4.98 Å². The van der Waals surface area contributed by atoms with Gasteiger partial charge in [0, 0.05) is 13.3 Å². The van der Waals surface area contributed by atoms with Gasteiger partial charge in [0.05, 0.1) is 18.0 Å². The van der Waals surface area contributed by atoms with Gasteiger partial charge < -0.3 is 9.15 Å². The van der Waals surface area contributed by atoms with Crippen molar-refractivity contribution in [1.82, 2.24) is 20.2 Å². The van der Waals surface area contributed by atoms with E-state index in [9.17, 15) is 0 Å². The molecule has 0 bridgehead atoms. The van der Waals surface area contributed by atoms with Gasteiger partial charge in [-0.25, -0.2) is 10.1 Å². The second-order valence-corrected chi connectivity index (χ2v) is 5.23. The molecule has 0 saturated heterocycles. The summed E-state index contributed by atoms with van der Waals surface area (Å²) in [5, 5.41) is 7.43. The van der Waals surface area contributed by atoms with E-state index in [0.717, 1.165) is 21.3 Å². The Morgan fingerprint density at radius 3 is 3.00 bits per heavy atom. The van der Waals surface area contributed by atoms with Crippen molar-refractivity contribution in [2.24, 2.45) is 0 Å². The Bertz CT molecular complexity index is 763. The highest BCUT2D eigenvalue weighted by Crippen LogP contribution is 2.34. The highest BCUT2D eigenvalue weighted by molar-refractivity contribution is 7.71. The predicted octanol–water partition coefficient (Wildman–Crippen LogP) is 3.06. The zero-order valence-electron chi connectivity index (χ0n) is 10.5. The number of pyridine rings is 1. The topological polar surface area (TPSA) is 76.8 Å². The molecule has 0 unspecified atom stereocenters. The average molecular weight is 306 g/mol. The van der Waals surface area contributed by atoms with Gasteiger partial charge in [-0.2, -0.15) is 0 Å². The van der Waals surface area contributed by atoms with Crippen molar-refractivity contribution in [3.05, 3.63) is 34.9 Å². The lowest BCUT2D eigenvalue weighted by molar-refractivity contribution is 0.182. The Morgan fingerprint density at radius 1 is 1.45 bits per heavy atom. The first-order chi connectivity index (χ1) is 9.78. The summed E-state index contributed by atoms with van der Waals surface area (Å²) in [6.07, 6.45) is 1.73. The monoisotopic (exact) mass is 306 g/mol. The fraction of sp³-hybridized carbons (Fsp3) is 0.167. The molecule has 0 spiro atoms. The Labute approximate surface area is 123 Å². The number of ether oxygens (including phenoxy) is 1. The van der Waals surface area contributed by atoms with Crippen LogP contribution in [0.25, 0.3) is 21.5 Å². The molecule has 0 aromatic carbocycles. The number of rotatable bonds is 4. The van der Waals surface area contributed by atoms with E-state index in [1.54, 1.807) is 13.3 Å². The molecule has 6 nitrogen and oxygen atoms in total. The number of H-pyrrole nitrogens is 1. The summed E-state index contributed by atoms with van der Waals surface area (Å²) in [6, 6.07) is 5.68. The van der Waals surface area contributed by atoms with Crippen LogP contribution in [0.4, 0.5) is 0 Å². The molecular formula is C12H10N4O2S2. The molecule has 0 saturated carbocycles. The lowest BCUT2D eigenvalue weighted by atomic mass is 10.3. The van der Waals surface area contributed by atoms with Gasteiger partial charge in [0.1, 0.15) is 9.88 Å². The van der Waals surface area contributed by atoms with Crippen LogP contribution in [0.15, 0.2) is 28.8 Å². The van der Waals surface area contributed by atoms with Gasteiger partial charge in [0.25, 0.3) is 10.7 Å². The van der Waals surface area contributed by atoms with Crippen LogP contribution in [0.3, 0.4) is 0 Å². The van der Waals surface area contributed by atoms with E-state index in [4.69, 9.17) is 21.4 Å². The molecule has 3 aromatic heterocycles. The minimum atomic E-state index is 0.233. The van der Waals surface area contributed by atoms with Crippen molar-refractivity contribution in [2.45, 2.75) is 6.61 Å². The van der Waals surface area contributed by atoms with Crippen LogP contribution in [-0.2, 0) is 11.3 Å². The standard InChI is InChI=1S/C12H10N4O2S2/c1-17-6-8-9(10-15-16-12(19)18-10)20-11(14-8)7-4-2-3-5-13-7/h2-5H,6H2,1H3,(H,16,19). The van der Waals surface area contributed by atoms with Crippen molar-refractivity contribution in [3.63, 3.8) is 0 Å². The molecule has 102 valence electrons. The number of nitrogens with one attached hydrogen (secondary N) is 1. The molecule has 3 aromatic rings. The van der Waals surface area contributed by atoms with Gasteiger partial charge >= 0.3 is 0 Å². The summed E-state index contributed by atoms with van der Waals surface area (Å²) in [5.41, 5.74) is 1.55. The molecule has 0 fully saturated rings. The first-order valence-corrected chi connectivity index (χ1v) is 6.96. The molecule has 20 heavy (non-hydrogen) atoms. The molecule has 8 heteroatoms. The van der Waals surface area contributed by atoms with E-state index < -0.39 is 0 Å². The van der Waals surface area contributed by atoms with Crippen LogP contribution in [0.1, 0.15) is 5.69 Å². The van der Waals surface area contributed by atoms with Crippen LogP contribution in [0.5, 0.6) is 0 Å². The van der Waals surface area contributed by atoms with E-state index in [2.05, 4.69) is 20.2 Å². The summed E-state index contributed by atoms with van der Waals surface area (Å²) >= 11 is 6.34. The van der Waals surface area contributed by atoms with Crippen molar-refractivity contribution in [3.8, 4) is 21.5 Å². The van der Waals surface area contributed by atoms with E-state index in [-0.39, 0.29) is 4.84 Å². The van der Waals surface area contributed by atoms with Gasteiger partial charge in [-0.1, -0.05) is 6.07 Å². The molecule has 3 rings (SSSR count). The van der Waals surface area contributed by atoms with Gasteiger partial charge in [0.2, 0.25) is 0 Å². The second kappa shape index (κ2) is 5.61. The van der Waals surface area contributed by atoms with Crippen LogP contribution in [0, 0.1) is 4.84 Å². The number of aromatic amines is 1. The van der Waals surface area contributed by atoms with E-state index in [1.165, 1.54) is 11.3 Å². The Balaban J connectivity index is 2.09. The molecule has 0 aliphatic heterocycles. The van der Waals surface area contributed by atoms with Crippen molar-refractivity contribution in [1.29, 1.82) is 0 Å². The Kier molecular flexibility index (Phi) is 3.68. The number of thiazole rings is 1. The number of nitrogens with zero attached hydrogens (tertiary/aromatic N) is 3. The fourth-order valence-corrected chi connectivity index (χ4v) is 2.78. The molecule has 3 heterocycles. The van der Waals surface area contributed by atoms with E-state index in [1.807, 2.05) is 18.2 Å². The molecule has 0 amide bonds. The summed E-state index contributed by atoms with van der Waals surface area (Å²) in [5.74, 6) is 0.418. The minimum absolute atomic E-state index is 0.233. The zero-order valence-corrected chi connectivity index (χ0v) is 12.1. The number of hydrogen-bond donors (Lipinski definition) is 1. The van der Waals surface area contributed by atoms with Gasteiger partial charge in [-0.15, -0.1) is 16.4 Å². The average Bonchev–Trinajstić information content (AvgIpc) is 3.07. The van der Waals surface area contributed by atoms with Crippen molar-refractivity contribution in [2.75, 3.05) is 7.11 Å². The maximum atomic E-state index is 5.35. The Hall–Kier alpha value is -1.90. The number of aromatic nitrogens is 4. The lowest BCUT2D eigenvalue weighted by Gasteiger charge is -1.95. The molecule has 0 aliphatic carbocycles. The fourth-order valence-electron chi connectivity index (χ4n) is 1.68. The molecule has 0 radical (unpaired) electrons. The molecule has 0 atom stereocenters.